The van der Waals surface area contributed by atoms with E-state index in [1.54, 1.807) is 18.2 Å². The van der Waals surface area contributed by atoms with Crippen molar-refractivity contribution in [2.75, 3.05) is 12.0 Å². The number of hydrogen-bond donors (Lipinski definition) is 2. The number of para-hydroxylation sites is 2. The van der Waals surface area contributed by atoms with E-state index in [4.69, 9.17) is 9.15 Å². The van der Waals surface area contributed by atoms with Gasteiger partial charge in [-0.05, 0) is 62.2 Å². The lowest BCUT2D eigenvalue weighted by atomic mass is 9.92. The second-order valence-electron chi connectivity index (χ2n) is 9.71. The van der Waals surface area contributed by atoms with Crippen molar-refractivity contribution in [1.29, 1.82) is 0 Å². The van der Waals surface area contributed by atoms with Crippen LogP contribution in [0.2, 0.25) is 0 Å². The van der Waals surface area contributed by atoms with Gasteiger partial charge in [0, 0.05) is 33.2 Å². The SMILES string of the molecule is COc1cccc2cc(C(=O)C3=C(O)C(=O)N(c4cc(C)cc(C)c4)C3c3c(C)[nH]c4ccccc34)oc12. The normalized spacial score (nSPS) is 15.7. The fraction of sp³-hybridized carbons (Fsp3) is 0.161. The molecular formula is C31H26N2O5. The summed E-state index contributed by atoms with van der Waals surface area (Å²) in [5.74, 6) is -1.28. The van der Waals surface area contributed by atoms with Crippen LogP contribution in [0.5, 0.6) is 5.75 Å². The molecule has 38 heavy (non-hydrogen) atoms. The minimum atomic E-state index is -0.873. The van der Waals surface area contributed by atoms with Gasteiger partial charge in [0.15, 0.2) is 22.9 Å². The van der Waals surface area contributed by atoms with E-state index in [1.165, 1.54) is 12.0 Å². The van der Waals surface area contributed by atoms with Crippen LogP contribution in [-0.4, -0.2) is 28.9 Å². The highest BCUT2D eigenvalue weighted by molar-refractivity contribution is 6.21. The Morgan fingerprint density at radius 1 is 1.00 bits per heavy atom. The fourth-order valence-electron chi connectivity index (χ4n) is 5.56. The number of fused-ring (bicyclic) bond motifs is 2. The number of Topliss-reactive ketones (excluding diaryl/α,β-unsaturated/α-hetero) is 1. The lowest BCUT2D eigenvalue weighted by Crippen LogP contribution is -2.31. The molecule has 0 bridgehead atoms. The van der Waals surface area contributed by atoms with Crippen molar-refractivity contribution in [3.8, 4) is 5.75 Å². The highest BCUT2D eigenvalue weighted by Gasteiger charge is 2.47. The summed E-state index contributed by atoms with van der Waals surface area (Å²) in [6.07, 6.45) is 0. The van der Waals surface area contributed by atoms with E-state index < -0.39 is 23.5 Å². The number of methoxy groups -OCH3 is 1. The second-order valence-corrected chi connectivity index (χ2v) is 9.71. The van der Waals surface area contributed by atoms with E-state index in [2.05, 4.69) is 4.98 Å². The van der Waals surface area contributed by atoms with Crippen molar-refractivity contribution in [3.05, 3.63) is 106 Å². The number of aliphatic hydroxyl groups excluding tert-OH is 1. The Balaban J connectivity index is 1.59. The summed E-state index contributed by atoms with van der Waals surface area (Å²) in [6.45, 7) is 5.80. The number of aliphatic hydroxyl groups is 1. The first-order valence-corrected chi connectivity index (χ1v) is 12.3. The largest absolute Gasteiger partial charge is 0.503 e. The van der Waals surface area contributed by atoms with Crippen LogP contribution in [0, 0.1) is 20.8 Å². The monoisotopic (exact) mass is 506 g/mol. The molecule has 7 heteroatoms. The standard InChI is InChI=1S/C31H26N2O5/c1-16-12-17(2)14-20(13-16)33-27(25-18(3)32-22-10-6-5-9-21(22)25)26(29(35)31(33)36)28(34)24-15-19-8-7-11-23(37-4)30(19)38-24/h5-15,27,32,35H,1-4H3. The van der Waals surface area contributed by atoms with E-state index in [0.717, 1.165) is 33.3 Å². The lowest BCUT2D eigenvalue weighted by molar-refractivity contribution is -0.117. The number of carbonyl (C=O) groups is 2. The van der Waals surface area contributed by atoms with E-state index in [9.17, 15) is 14.7 Å². The van der Waals surface area contributed by atoms with Crippen molar-refractivity contribution < 1.29 is 23.8 Å². The van der Waals surface area contributed by atoms with Crippen LogP contribution in [0.1, 0.15) is 39.0 Å². The Morgan fingerprint density at radius 2 is 1.74 bits per heavy atom. The van der Waals surface area contributed by atoms with Crippen LogP contribution in [0.3, 0.4) is 0 Å². The van der Waals surface area contributed by atoms with E-state index in [0.29, 0.717) is 22.4 Å². The number of benzene rings is 3. The Labute approximate surface area is 218 Å². The highest BCUT2D eigenvalue weighted by Crippen LogP contribution is 2.46. The first-order valence-electron chi connectivity index (χ1n) is 12.3. The lowest BCUT2D eigenvalue weighted by Gasteiger charge is -2.27. The molecule has 3 aromatic carbocycles. The van der Waals surface area contributed by atoms with Gasteiger partial charge in [-0.15, -0.1) is 0 Å². The zero-order chi connectivity index (χ0) is 26.7. The third kappa shape index (κ3) is 3.50. The summed E-state index contributed by atoms with van der Waals surface area (Å²) in [7, 11) is 1.53. The summed E-state index contributed by atoms with van der Waals surface area (Å²) in [5, 5.41) is 12.8. The fourth-order valence-corrected chi connectivity index (χ4v) is 5.56. The number of furan rings is 1. The number of anilines is 1. The molecule has 0 saturated heterocycles. The summed E-state index contributed by atoms with van der Waals surface area (Å²) < 4.78 is 11.3. The molecule has 5 aromatic rings. The van der Waals surface area contributed by atoms with Crippen LogP contribution >= 0.6 is 0 Å². The van der Waals surface area contributed by atoms with Crippen molar-refractivity contribution in [1.82, 2.24) is 4.98 Å². The van der Waals surface area contributed by atoms with Crippen LogP contribution in [-0.2, 0) is 4.79 Å². The topological polar surface area (TPSA) is 95.8 Å². The molecule has 0 saturated carbocycles. The number of H-pyrrole nitrogens is 1. The van der Waals surface area contributed by atoms with Gasteiger partial charge in [0.1, 0.15) is 0 Å². The maximum Gasteiger partial charge on any atom is 0.294 e. The Bertz CT molecular complexity index is 1790. The maximum absolute atomic E-state index is 14.1. The van der Waals surface area contributed by atoms with Crippen LogP contribution < -0.4 is 9.64 Å². The molecule has 6 rings (SSSR count). The van der Waals surface area contributed by atoms with Gasteiger partial charge in [0.2, 0.25) is 5.78 Å². The Kier molecular flexibility index (Phi) is 5.38. The number of nitrogens with one attached hydrogen (secondary N) is 1. The van der Waals surface area contributed by atoms with E-state index in [-0.39, 0.29) is 11.3 Å². The predicted octanol–water partition coefficient (Wildman–Crippen LogP) is 6.63. The average Bonchev–Trinajstić information content (AvgIpc) is 3.54. The molecule has 0 spiro atoms. The summed E-state index contributed by atoms with van der Waals surface area (Å²) in [5.41, 5.74) is 5.34. The average molecular weight is 507 g/mol. The van der Waals surface area contributed by atoms with Gasteiger partial charge in [-0.3, -0.25) is 14.5 Å². The number of hydrogen-bond acceptors (Lipinski definition) is 5. The molecule has 1 aliphatic rings. The minimum absolute atomic E-state index is 0.0172. The minimum Gasteiger partial charge on any atom is -0.503 e. The molecule has 1 amide bonds. The summed E-state index contributed by atoms with van der Waals surface area (Å²) in [4.78, 5) is 32.7. The molecule has 0 aliphatic carbocycles. The smallest absolute Gasteiger partial charge is 0.294 e. The number of aryl methyl sites for hydroxylation is 3. The zero-order valence-electron chi connectivity index (χ0n) is 21.5. The number of ether oxygens (including phenoxy) is 1. The molecule has 0 fully saturated rings. The molecule has 1 aliphatic heterocycles. The van der Waals surface area contributed by atoms with Crippen molar-refractivity contribution in [3.63, 3.8) is 0 Å². The van der Waals surface area contributed by atoms with Crippen LogP contribution in [0.15, 0.2) is 82.5 Å². The quantitative estimate of drug-likeness (QED) is 0.261. The van der Waals surface area contributed by atoms with Gasteiger partial charge in [0.05, 0.1) is 18.7 Å². The second kappa shape index (κ2) is 8.66. The summed E-state index contributed by atoms with van der Waals surface area (Å²) >= 11 is 0. The molecule has 1 unspecified atom stereocenters. The number of ketones is 1. The van der Waals surface area contributed by atoms with E-state index in [1.807, 2.05) is 69.3 Å². The summed E-state index contributed by atoms with van der Waals surface area (Å²) in [6, 6.07) is 19.6. The molecule has 1 atom stereocenters. The zero-order valence-corrected chi connectivity index (χ0v) is 21.5. The van der Waals surface area contributed by atoms with Gasteiger partial charge in [-0.1, -0.05) is 36.4 Å². The van der Waals surface area contributed by atoms with Crippen LogP contribution in [0.25, 0.3) is 21.9 Å². The molecule has 3 heterocycles. The van der Waals surface area contributed by atoms with E-state index >= 15 is 0 Å². The molecule has 2 aromatic heterocycles. The number of nitrogens with zero attached hydrogens (tertiary/aromatic N) is 1. The maximum atomic E-state index is 14.1. The van der Waals surface area contributed by atoms with Gasteiger partial charge in [-0.2, -0.15) is 0 Å². The van der Waals surface area contributed by atoms with Gasteiger partial charge >= 0.3 is 0 Å². The number of amides is 1. The van der Waals surface area contributed by atoms with Crippen molar-refractivity contribution >= 4 is 39.2 Å². The molecule has 190 valence electrons. The molecule has 7 nitrogen and oxygen atoms in total. The molecule has 2 N–H and O–H groups in total. The van der Waals surface area contributed by atoms with Crippen molar-refractivity contribution in [2.24, 2.45) is 0 Å². The third-order valence-electron chi connectivity index (χ3n) is 7.11. The highest BCUT2D eigenvalue weighted by atomic mass is 16.5. The number of aromatic nitrogens is 1. The Morgan fingerprint density at radius 3 is 2.47 bits per heavy atom. The van der Waals surface area contributed by atoms with Gasteiger partial charge < -0.3 is 19.2 Å². The number of rotatable bonds is 5. The first-order chi connectivity index (χ1) is 18.3. The van der Waals surface area contributed by atoms with Gasteiger partial charge in [-0.25, -0.2) is 0 Å². The molecular weight excluding hydrogens is 480 g/mol. The van der Waals surface area contributed by atoms with Crippen LogP contribution in [0.4, 0.5) is 5.69 Å². The Hall–Kier alpha value is -4.78. The predicted molar refractivity (Wildman–Crippen MR) is 146 cm³/mol. The molecule has 0 radical (unpaired) electrons. The third-order valence-corrected chi connectivity index (χ3v) is 7.11. The van der Waals surface area contributed by atoms with Crippen molar-refractivity contribution in [2.45, 2.75) is 26.8 Å². The number of aromatic amines is 1. The number of carbonyl (C=O) groups excluding carboxylic acids is 2. The van der Waals surface area contributed by atoms with Gasteiger partial charge in [0.25, 0.3) is 5.91 Å². The first kappa shape index (κ1) is 23.6.